The number of hydrogen-bond donors (Lipinski definition) is 1. The van der Waals surface area contributed by atoms with E-state index in [1.165, 1.54) is 0 Å². The molecule has 3 nitrogen and oxygen atoms in total. The predicted octanol–water partition coefficient (Wildman–Crippen LogP) is 4.09. The molecule has 18 heavy (non-hydrogen) atoms. The highest BCUT2D eigenvalue weighted by Crippen LogP contribution is 2.39. The Morgan fingerprint density at radius 2 is 1.61 bits per heavy atom. The first-order valence-electron chi connectivity index (χ1n) is 7.07. The number of rotatable bonds is 2. The summed E-state index contributed by atoms with van der Waals surface area (Å²) < 4.78 is 46.9. The molecule has 0 spiro atoms. The molecule has 0 aliphatic heterocycles. The highest BCUT2D eigenvalue weighted by Gasteiger charge is 2.48. The van der Waals surface area contributed by atoms with Crippen molar-refractivity contribution in [2.45, 2.75) is 76.1 Å². The fourth-order valence-corrected chi connectivity index (χ4v) is 4.02. The number of halogens is 1. The van der Waals surface area contributed by atoms with Crippen molar-refractivity contribution in [2.24, 2.45) is 5.92 Å². The van der Waals surface area contributed by atoms with Crippen LogP contribution in [0, 0.1) is 5.92 Å². The van der Waals surface area contributed by atoms with Gasteiger partial charge in [0.25, 0.3) is 0 Å². The summed E-state index contributed by atoms with van der Waals surface area (Å²) in [7, 11) is -4.63. The zero-order valence-corrected chi connectivity index (χ0v) is 12.0. The Morgan fingerprint density at radius 1 is 1.11 bits per heavy atom. The van der Waals surface area contributed by atoms with Crippen LogP contribution in [-0.2, 0) is 10.1 Å². The molecule has 1 rings (SSSR count). The monoisotopic (exact) mass is 280 g/mol. The molecule has 1 saturated carbocycles. The van der Waals surface area contributed by atoms with Crippen molar-refractivity contribution >= 4 is 10.1 Å². The molecular formula is C13H25FO3S. The Balaban J connectivity index is 2.89. The SMILES string of the molecule is CCC1CCCCCCCCCC1(F)S(=O)(=O)O. The zero-order chi connectivity index (χ0) is 13.6. The molecular weight excluding hydrogens is 255 g/mol. The van der Waals surface area contributed by atoms with Gasteiger partial charge in [0.15, 0.2) is 0 Å². The van der Waals surface area contributed by atoms with Gasteiger partial charge in [-0.2, -0.15) is 8.42 Å². The van der Waals surface area contributed by atoms with Gasteiger partial charge < -0.3 is 0 Å². The molecule has 2 atom stereocenters. The second-order valence-electron chi connectivity index (χ2n) is 5.38. The fraction of sp³-hybridized carbons (Fsp3) is 1.00. The minimum Gasteiger partial charge on any atom is -0.283 e. The maximum absolute atomic E-state index is 14.8. The molecule has 1 fully saturated rings. The molecule has 108 valence electrons. The normalized spacial score (nSPS) is 32.7. The topological polar surface area (TPSA) is 54.4 Å². The molecule has 1 aliphatic carbocycles. The third-order valence-electron chi connectivity index (χ3n) is 4.10. The van der Waals surface area contributed by atoms with Crippen molar-refractivity contribution in [1.29, 1.82) is 0 Å². The van der Waals surface area contributed by atoms with Crippen LogP contribution in [0.1, 0.15) is 71.1 Å². The van der Waals surface area contributed by atoms with Crippen molar-refractivity contribution in [2.75, 3.05) is 0 Å². The molecule has 0 amide bonds. The molecule has 0 aromatic carbocycles. The third-order valence-corrected chi connectivity index (χ3v) is 5.50. The van der Waals surface area contributed by atoms with Gasteiger partial charge in [-0.15, -0.1) is 0 Å². The van der Waals surface area contributed by atoms with Gasteiger partial charge in [0.05, 0.1) is 0 Å². The molecule has 0 bridgehead atoms. The van der Waals surface area contributed by atoms with E-state index >= 15 is 0 Å². The van der Waals surface area contributed by atoms with Crippen molar-refractivity contribution in [1.82, 2.24) is 0 Å². The van der Waals surface area contributed by atoms with E-state index in [1.54, 1.807) is 6.92 Å². The van der Waals surface area contributed by atoms with Gasteiger partial charge in [-0.25, -0.2) is 4.39 Å². The molecule has 0 radical (unpaired) electrons. The second-order valence-corrected chi connectivity index (χ2v) is 7.01. The van der Waals surface area contributed by atoms with E-state index in [1.807, 2.05) is 0 Å². The second kappa shape index (κ2) is 6.85. The van der Waals surface area contributed by atoms with Crippen LogP contribution in [0.25, 0.3) is 0 Å². The summed E-state index contributed by atoms with van der Waals surface area (Å²) in [4.78, 5) is 0. The fourth-order valence-electron chi connectivity index (χ4n) is 2.91. The Hall–Kier alpha value is -0.160. The van der Waals surface area contributed by atoms with E-state index in [0.29, 0.717) is 19.3 Å². The van der Waals surface area contributed by atoms with Crippen LogP contribution in [0.3, 0.4) is 0 Å². The Bertz CT molecular complexity index is 342. The Kier molecular flexibility index (Phi) is 6.05. The summed E-state index contributed by atoms with van der Waals surface area (Å²) in [6, 6.07) is 0. The lowest BCUT2D eigenvalue weighted by molar-refractivity contribution is 0.130. The maximum Gasteiger partial charge on any atom is 0.300 e. The zero-order valence-electron chi connectivity index (χ0n) is 11.2. The molecule has 1 N–H and O–H groups in total. The predicted molar refractivity (Wildman–Crippen MR) is 70.7 cm³/mol. The highest BCUT2D eigenvalue weighted by molar-refractivity contribution is 7.87. The van der Waals surface area contributed by atoms with Crippen LogP contribution in [-0.4, -0.2) is 18.0 Å². The Labute approximate surface area is 110 Å². The van der Waals surface area contributed by atoms with E-state index in [0.717, 1.165) is 38.5 Å². The summed E-state index contributed by atoms with van der Waals surface area (Å²) in [5, 5.41) is -2.44. The van der Waals surface area contributed by atoms with Gasteiger partial charge in [0, 0.05) is 5.92 Å². The van der Waals surface area contributed by atoms with E-state index in [2.05, 4.69) is 0 Å². The van der Waals surface area contributed by atoms with E-state index in [9.17, 15) is 17.4 Å². The molecule has 0 aromatic rings. The summed E-state index contributed by atoms with van der Waals surface area (Å²) in [6.07, 6.45) is 7.50. The molecule has 5 heteroatoms. The van der Waals surface area contributed by atoms with Gasteiger partial charge in [0.1, 0.15) is 0 Å². The van der Waals surface area contributed by atoms with Crippen molar-refractivity contribution in [3.63, 3.8) is 0 Å². The van der Waals surface area contributed by atoms with Crippen LogP contribution in [0.4, 0.5) is 4.39 Å². The molecule has 2 unspecified atom stereocenters. The molecule has 0 saturated heterocycles. The molecule has 0 aromatic heterocycles. The van der Waals surface area contributed by atoms with Crippen molar-refractivity contribution < 1.29 is 17.4 Å². The average Bonchev–Trinajstić information content (AvgIpc) is 2.33. The largest absolute Gasteiger partial charge is 0.300 e. The van der Waals surface area contributed by atoms with E-state index in [4.69, 9.17) is 0 Å². The molecule has 1 aliphatic rings. The van der Waals surface area contributed by atoms with Gasteiger partial charge in [0.2, 0.25) is 5.00 Å². The first-order valence-corrected chi connectivity index (χ1v) is 8.51. The maximum atomic E-state index is 14.8. The average molecular weight is 280 g/mol. The smallest absolute Gasteiger partial charge is 0.283 e. The standard InChI is InChI=1S/C13H25FO3S/c1-2-12-10-8-6-4-3-5-7-9-11-13(12,14)18(15,16)17/h12H,2-11H2,1H3,(H,15,16,17). The van der Waals surface area contributed by atoms with Gasteiger partial charge in [-0.05, 0) is 25.7 Å². The van der Waals surface area contributed by atoms with Crippen molar-refractivity contribution in [3.05, 3.63) is 0 Å². The third kappa shape index (κ3) is 3.92. The minimum absolute atomic E-state index is 0.0651. The van der Waals surface area contributed by atoms with Crippen molar-refractivity contribution in [3.8, 4) is 0 Å². The number of alkyl halides is 1. The Morgan fingerprint density at radius 3 is 2.11 bits per heavy atom. The lowest BCUT2D eigenvalue weighted by Gasteiger charge is -2.30. The molecule has 0 heterocycles. The lowest BCUT2D eigenvalue weighted by Crippen LogP contribution is -2.41. The summed E-state index contributed by atoms with van der Waals surface area (Å²) >= 11 is 0. The van der Waals surface area contributed by atoms with Gasteiger partial charge in [-0.1, -0.05) is 45.4 Å². The quantitative estimate of drug-likeness (QED) is 0.775. The van der Waals surface area contributed by atoms with Crippen LogP contribution in [0.2, 0.25) is 0 Å². The van der Waals surface area contributed by atoms with E-state index < -0.39 is 21.0 Å². The first kappa shape index (κ1) is 15.9. The number of hydrogen-bond acceptors (Lipinski definition) is 2. The van der Waals surface area contributed by atoms with E-state index in [-0.39, 0.29) is 6.42 Å². The van der Waals surface area contributed by atoms with Gasteiger partial charge >= 0.3 is 10.1 Å². The summed E-state index contributed by atoms with van der Waals surface area (Å²) in [5.74, 6) is -0.578. The minimum atomic E-state index is -4.63. The van der Waals surface area contributed by atoms with Gasteiger partial charge in [-0.3, -0.25) is 4.55 Å². The highest BCUT2D eigenvalue weighted by atomic mass is 32.2. The summed E-state index contributed by atoms with van der Waals surface area (Å²) in [6.45, 7) is 1.80. The lowest BCUT2D eigenvalue weighted by atomic mass is 9.91. The van der Waals surface area contributed by atoms with Crippen LogP contribution in [0.15, 0.2) is 0 Å². The van der Waals surface area contributed by atoms with Crippen LogP contribution >= 0.6 is 0 Å². The van der Waals surface area contributed by atoms with Crippen LogP contribution in [0.5, 0.6) is 0 Å². The summed E-state index contributed by atoms with van der Waals surface area (Å²) in [5.41, 5.74) is 0. The van der Waals surface area contributed by atoms with Crippen LogP contribution < -0.4 is 0 Å². The first-order chi connectivity index (χ1) is 8.42.